The lowest BCUT2D eigenvalue weighted by molar-refractivity contribution is 0.0691. The zero-order valence-corrected chi connectivity index (χ0v) is 12.4. The summed E-state index contributed by atoms with van der Waals surface area (Å²) in [5.74, 6) is -1.17. The van der Waals surface area contributed by atoms with Crippen LogP contribution >= 0.6 is 0 Å². The molecule has 0 radical (unpaired) electrons. The number of rotatable bonds is 3. The summed E-state index contributed by atoms with van der Waals surface area (Å²) in [5, 5.41) is 18.8. The van der Waals surface area contributed by atoms with Gasteiger partial charge in [-0.15, -0.1) is 0 Å². The predicted octanol–water partition coefficient (Wildman–Crippen LogP) is 2.59. The summed E-state index contributed by atoms with van der Waals surface area (Å²) in [5.41, 5.74) is 3.03. The number of hydrogen-bond acceptors (Lipinski definition) is 3. The fourth-order valence-electron chi connectivity index (χ4n) is 2.16. The van der Waals surface area contributed by atoms with Crippen LogP contribution in [0.5, 0.6) is 0 Å². The number of carbonyl (C=O) groups excluding carboxylic acids is 1. The van der Waals surface area contributed by atoms with Crippen LogP contribution in [0.1, 0.15) is 43.1 Å². The van der Waals surface area contributed by atoms with E-state index >= 15 is 0 Å². The van der Waals surface area contributed by atoms with Gasteiger partial charge in [0.15, 0.2) is 5.82 Å². The average Bonchev–Trinajstić information content (AvgIpc) is 2.72. The third kappa shape index (κ3) is 2.65. The number of carboxylic acids is 1. The lowest BCUT2D eigenvalue weighted by Gasteiger charge is -2.12. The number of aryl methyl sites for hydroxylation is 3. The zero-order chi connectivity index (χ0) is 15.7. The number of nitrogens with zero attached hydrogens (tertiary/aromatic N) is 1. The molecule has 0 aliphatic carbocycles. The van der Waals surface area contributed by atoms with Gasteiger partial charge in [-0.1, -0.05) is 12.1 Å². The van der Waals surface area contributed by atoms with Crippen LogP contribution in [0.2, 0.25) is 0 Å². The van der Waals surface area contributed by atoms with Crippen LogP contribution in [0.15, 0.2) is 12.1 Å². The van der Waals surface area contributed by atoms with Crippen LogP contribution < -0.4 is 5.32 Å². The topological polar surface area (TPSA) is 95.1 Å². The summed E-state index contributed by atoms with van der Waals surface area (Å²) in [6.45, 7) is 7.06. The van der Waals surface area contributed by atoms with Gasteiger partial charge in [-0.05, 0) is 38.8 Å². The van der Waals surface area contributed by atoms with Crippen LogP contribution in [0.4, 0.5) is 5.82 Å². The molecule has 0 aliphatic rings. The standard InChI is InChI=1S/C15H17N3O3/c1-7-5-6-8(2)12(15(20)21)11(7)14(19)16-13-9(3)10(4)17-18-13/h5-6H,1-4H3,(H,20,21)(H2,16,17,18,19). The van der Waals surface area contributed by atoms with E-state index in [0.29, 0.717) is 16.9 Å². The molecule has 0 spiro atoms. The molecule has 110 valence electrons. The maximum Gasteiger partial charge on any atom is 0.336 e. The summed E-state index contributed by atoms with van der Waals surface area (Å²) in [6.07, 6.45) is 0. The van der Waals surface area contributed by atoms with Crippen molar-refractivity contribution in [3.63, 3.8) is 0 Å². The second-order valence-corrected chi connectivity index (χ2v) is 5.03. The zero-order valence-electron chi connectivity index (χ0n) is 12.4. The molecule has 0 atom stereocenters. The highest BCUT2D eigenvalue weighted by Crippen LogP contribution is 2.21. The molecular weight excluding hydrogens is 270 g/mol. The van der Waals surface area contributed by atoms with Crippen LogP contribution in [-0.2, 0) is 0 Å². The molecule has 3 N–H and O–H groups in total. The van der Waals surface area contributed by atoms with Gasteiger partial charge in [-0.2, -0.15) is 5.10 Å². The van der Waals surface area contributed by atoms with Gasteiger partial charge in [0, 0.05) is 11.3 Å². The Bertz CT molecular complexity index is 732. The molecule has 0 unspecified atom stereocenters. The molecule has 2 rings (SSSR count). The van der Waals surface area contributed by atoms with E-state index in [9.17, 15) is 14.7 Å². The van der Waals surface area contributed by atoms with E-state index in [1.807, 2.05) is 13.8 Å². The molecule has 6 heteroatoms. The second-order valence-electron chi connectivity index (χ2n) is 5.03. The van der Waals surface area contributed by atoms with Crippen molar-refractivity contribution in [3.8, 4) is 0 Å². The third-order valence-corrected chi connectivity index (χ3v) is 3.55. The van der Waals surface area contributed by atoms with E-state index in [4.69, 9.17) is 0 Å². The molecule has 0 aliphatic heterocycles. The minimum Gasteiger partial charge on any atom is -0.478 e. The van der Waals surface area contributed by atoms with Crippen molar-refractivity contribution in [3.05, 3.63) is 45.6 Å². The summed E-state index contributed by atoms with van der Waals surface area (Å²) >= 11 is 0. The van der Waals surface area contributed by atoms with Crippen molar-refractivity contribution in [1.29, 1.82) is 0 Å². The first-order valence-electron chi connectivity index (χ1n) is 6.49. The number of H-pyrrole nitrogens is 1. The van der Waals surface area contributed by atoms with Gasteiger partial charge < -0.3 is 10.4 Å². The number of carboxylic acid groups (broad SMARTS) is 1. The first-order chi connectivity index (χ1) is 9.82. The summed E-state index contributed by atoms with van der Waals surface area (Å²) in [6, 6.07) is 3.43. The van der Waals surface area contributed by atoms with Gasteiger partial charge >= 0.3 is 5.97 Å². The lowest BCUT2D eigenvalue weighted by atomic mass is 9.96. The molecule has 1 amide bonds. The van der Waals surface area contributed by atoms with E-state index < -0.39 is 11.9 Å². The van der Waals surface area contributed by atoms with E-state index in [0.717, 1.165) is 11.3 Å². The monoisotopic (exact) mass is 287 g/mol. The predicted molar refractivity (Wildman–Crippen MR) is 78.9 cm³/mol. The van der Waals surface area contributed by atoms with E-state index in [-0.39, 0.29) is 11.1 Å². The van der Waals surface area contributed by atoms with Crippen molar-refractivity contribution in [1.82, 2.24) is 10.2 Å². The van der Waals surface area contributed by atoms with Gasteiger partial charge in [0.2, 0.25) is 0 Å². The van der Waals surface area contributed by atoms with Crippen LogP contribution in [-0.4, -0.2) is 27.2 Å². The minimum absolute atomic E-state index is 0.0254. The second kappa shape index (κ2) is 5.40. The molecule has 0 saturated heterocycles. The van der Waals surface area contributed by atoms with Gasteiger partial charge in [0.1, 0.15) is 0 Å². The van der Waals surface area contributed by atoms with E-state index in [1.54, 1.807) is 26.0 Å². The Hall–Kier alpha value is -2.63. The number of aromatic carboxylic acids is 1. The Morgan fingerprint density at radius 3 is 2.14 bits per heavy atom. The normalized spacial score (nSPS) is 10.5. The fraction of sp³-hybridized carbons (Fsp3) is 0.267. The summed E-state index contributed by atoms with van der Waals surface area (Å²) in [4.78, 5) is 23.9. The maximum atomic E-state index is 12.4. The van der Waals surface area contributed by atoms with Crippen molar-refractivity contribution < 1.29 is 14.7 Å². The maximum absolute atomic E-state index is 12.4. The van der Waals surface area contributed by atoms with Crippen LogP contribution in [0, 0.1) is 27.7 Å². The Labute approximate surface area is 122 Å². The first kappa shape index (κ1) is 14.8. The van der Waals surface area contributed by atoms with E-state index in [2.05, 4.69) is 15.5 Å². The largest absolute Gasteiger partial charge is 0.478 e. The number of carbonyl (C=O) groups is 2. The Kier molecular flexibility index (Phi) is 3.80. The molecular formula is C15H17N3O3. The molecule has 0 saturated carbocycles. The summed E-state index contributed by atoms with van der Waals surface area (Å²) in [7, 11) is 0. The molecule has 0 bridgehead atoms. The average molecular weight is 287 g/mol. The quantitative estimate of drug-likeness (QED) is 0.808. The van der Waals surface area contributed by atoms with Crippen LogP contribution in [0.3, 0.4) is 0 Å². The van der Waals surface area contributed by atoms with Crippen molar-refractivity contribution in [2.45, 2.75) is 27.7 Å². The first-order valence-corrected chi connectivity index (χ1v) is 6.49. The molecule has 2 aromatic rings. The molecule has 1 aromatic heterocycles. The van der Waals surface area contributed by atoms with Gasteiger partial charge in [0.25, 0.3) is 5.91 Å². The number of benzene rings is 1. The highest BCUT2D eigenvalue weighted by atomic mass is 16.4. The molecule has 1 heterocycles. The number of hydrogen-bond donors (Lipinski definition) is 3. The Morgan fingerprint density at radius 1 is 1.10 bits per heavy atom. The Morgan fingerprint density at radius 2 is 1.67 bits per heavy atom. The van der Waals surface area contributed by atoms with E-state index in [1.165, 1.54) is 0 Å². The fourth-order valence-corrected chi connectivity index (χ4v) is 2.16. The van der Waals surface area contributed by atoms with Crippen LogP contribution in [0.25, 0.3) is 0 Å². The van der Waals surface area contributed by atoms with Crippen molar-refractivity contribution in [2.24, 2.45) is 0 Å². The number of aromatic amines is 1. The number of anilines is 1. The van der Waals surface area contributed by atoms with Crippen molar-refractivity contribution >= 4 is 17.7 Å². The third-order valence-electron chi connectivity index (χ3n) is 3.55. The smallest absolute Gasteiger partial charge is 0.336 e. The SMILES string of the molecule is Cc1ccc(C)c(C(=O)Nc2n[nH]c(C)c2C)c1C(=O)O. The highest BCUT2D eigenvalue weighted by Gasteiger charge is 2.22. The molecule has 0 fully saturated rings. The molecule has 21 heavy (non-hydrogen) atoms. The van der Waals surface area contributed by atoms with Crippen molar-refractivity contribution in [2.75, 3.05) is 5.32 Å². The number of amides is 1. The Balaban J connectivity index is 2.46. The van der Waals surface area contributed by atoms with Gasteiger partial charge in [-0.3, -0.25) is 9.89 Å². The highest BCUT2D eigenvalue weighted by molar-refractivity contribution is 6.12. The summed E-state index contributed by atoms with van der Waals surface area (Å²) < 4.78 is 0. The molecule has 6 nitrogen and oxygen atoms in total. The van der Waals surface area contributed by atoms with Gasteiger partial charge in [-0.25, -0.2) is 4.79 Å². The number of nitrogens with one attached hydrogen (secondary N) is 2. The van der Waals surface area contributed by atoms with Gasteiger partial charge in [0.05, 0.1) is 11.1 Å². The molecule has 1 aromatic carbocycles. The lowest BCUT2D eigenvalue weighted by Crippen LogP contribution is -2.19. The minimum atomic E-state index is -1.11. The number of aromatic nitrogens is 2.